The molecule has 6 nitrogen and oxygen atoms in total. The van der Waals surface area contributed by atoms with E-state index in [2.05, 4.69) is 55.6 Å². The molecule has 5 N–H and O–H groups in total. The van der Waals surface area contributed by atoms with E-state index in [0.29, 0.717) is 19.3 Å². The molecule has 0 spiro atoms. The highest BCUT2D eigenvalue weighted by atomic mass is 16.3. The maximum Gasteiger partial charge on any atom is 0.249 e. The molecule has 1 amide bonds. The van der Waals surface area contributed by atoms with Crippen LogP contribution in [0.3, 0.4) is 0 Å². The Morgan fingerprint density at radius 1 is 0.558 bits per heavy atom. The van der Waals surface area contributed by atoms with Crippen molar-refractivity contribution in [3.05, 3.63) is 36.5 Å². The average molecular weight is 608 g/mol. The van der Waals surface area contributed by atoms with Gasteiger partial charge in [0.2, 0.25) is 5.91 Å². The minimum atomic E-state index is -1.29. The van der Waals surface area contributed by atoms with Gasteiger partial charge in [-0.3, -0.25) is 4.79 Å². The second kappa shape index (κ2) is 31.9. The Kier molecular flexibility index (Phi) is 30.8. The topological polar surface area (TPSA) is 110 Å². The van der Waals surface area contributed by atoms with E-state index in [1.165, 1.54) is 77.0 Å². The van der Waals surface area contributed by atoms with E-state index in [-0.39, 0.29) is 0 Å². The molecule has 0 fully saturated rings. The van der Waals surface area contributed by atoms with Crippen LogP contribution in [0, 0.1) is 0 Å². The number of hydrogen-bond acceptors (Lipinski definition) is 5. The van der Waals surface area contributed by atoms with Crippen LogP contribution in [0.15, 0.2) is 36.5 Å². The van der Waals surface area contributed by atoms with Crippen molar-refractivity contribution in [2.75, 3.05) is 6.61 Å². The number of nitrogens with one attached hydrogen (secondary N) is 1. The Labute approximate surface area is 265 Å². The van der Waals surface area contributed by atoms with Gasteiger partial charge in [0.15, 0.2) is 0 Å². The van der Waals surface area contributed by atoms with Gasteiger partial charge >= 0.3 is 0 Å². The van der Waals surface area contributed by atoms with E-state index >= 15 is 0 Å². The molecule has 43 heavy (non-hydrogen) atoms. The summed E-state index contributed by atoms with van der Waals surface area (Å²) in [6, 6.07) is -1.01. The highest BCUT2D eigenvalue weighted by Crippen LogP contribution is 2.14. The van der Waals surface area contributed by atoms with E-state index in [4.69, 9.17) is 0 Å². The van der Waals surface area contributed by atoms with Gasteiger partial charge < -0.3 is 25.7 Å². The molecular formula is C37H69NO5. The van der Waals surface area contributed by atoms with Crippen LogP contribution in [0.25, 0.3) is 0 Å². The second-order valence-electron chi connectivity index (χ2n) is 12.2. The van der Waals surface area contributed by atoms with Crippen molar-refractivity contribution >= 4 is 5.91 Å². The molecule has 0 aliphatic carbocycles. The third kappa shape index (κ3) is 26.6. The molecule has 0 aromatic heterocycles. The first-order valence-electron chi connectivity index (χ1n) is 17.9. The molecule has 0 bridgehead atoms. The lowest BCUT2D eigenvalue weighted by molar-refractivity contribution is -0.132. The van der Waals surface area contributed by atoms with E-state index in [1.807, 2.05) is 0 Å². The van der Waals surface area contributed by atoms with E-state index in [1.54, 1.807) is 0 Å². The Bertz CT molecular complexity index is 692. The molecule has 0 heterocycles. The van der Waals surface area contributed by atoms with Crippen LogP contribution in [0.2, 0.25) is 0 Å². The standard InChI is InChI=1S/C37H69NO5/c1-3-5-7-9-11-13-15-16-17-18-19-21-22-24-26-28-30-34(40)36(42)33(32-39)38-37(43)35(41)31-29-27-25-23-20-14-12-10-8-6-4-2/h11,13,17-18,22,24,33-36,39-42H,3-10,12,14-16,19-21,23,25-32H2,1-2H3,(H,38,43)/b13-11+,18-17+,24-22+. The monoisotopic (exact) mass is 608 g/mol. The molecule has 0 aliphatic rings. The van der Waals surface area contributed by atoms with Gasteiger partial charge in [0.25, 0.3) is 0 Å². The zero-order valence-electron chi connectivity index (χ0n) is 27.9. The van der Waals surface area contributed by atoms with E-state index in [0.717, 1.165) is 51.4 Å². The van der Waals surface area contributed by atoms with Gasteiger partial charge in [-0.1, -0.05) is 134 Å². The van der Waals surface area contributed by atoms with Crippen molar-refractivity contribution in [3.63, 3.8) is 0 Å². The van der Waals surface area contributed by atoms with Gasteiger partial charge in [0, 0.05) is 0 Å². The zero-order chi connectivity index (χ0) is 31.8. The lowest BCUT2D eigenvalue weighted by Crippen LogP contribution is -2.53. The van der Waals surface area contributed by atoms with Crippen molar-refractivity contribution in [3.8, 4) is 0 Å². The van der Waals surface area contributed by atoms with Gasteiger partial charge in [-0.2, -0.15) is 0 Å². The van der Waals surface area contributed by atoms with Crippen molar-refractivity contribution in [2.45, 2.75) is 186 Å². The SMILES string of the molecule is CCCCC/C=C/CC/C=C/CC/C=C/CCCC(O)C(O)C(CO)NC(=O)C(O)CCCCCCCCCCCCC. The number of allylic oxidation sites excluding steroid dienone is 6. The maximum absolute atomic E-state index is 12.4. The molecule has 252 valence electrons. The Morgan fingerprint density at radius 3 is 1.47 bits per heavy atom. The first-order chi connectivity index (χ1) is 21.0. The van der Waals surface area contributed by atoms with Gasteiger partial charge in [-0.25, -0.2) is 0 Å². The summed E-state index contributed by atoms with van der Waals surface area (Å²) in [5, 5.41) is 43.3. The highest BCUT2D eigenvalue weighted by molar-refractivity contribution is 5.80. The number of amides is 1. The normalized spacial score (nSPS) is 15.0. The quantitative estimate of drug-likeness (QED) is 0.0403. The predicted molar refractivity (Wildman–Crippen MR) is 182 cm³/mol. The average Bonchev–Trinajstić information content (AvgIpc) is 3.01. The van der Waals surface area contributed by atoms with Gasteiger partial charge in [0.1, 0.15) is 12.2 Å². The Hall–Kier alpha value is -1.47. The Balaban J connectivity index is 3.94. The first-order valence-corrected chi connectivity index (χ1v) is 17.9. The largest absolute Gasteiger partial charge is 0.394 e. The fraction of sp³-hybridized carbons (Fsp3) is 0.811. The molecule has 6 heteroatoms. The Morgan fingerprint density at radius 2 is 0.977 bits per heavy atom. The van der Waals surface area contributed by atoms with Crippen LogP contribution in [0.1, 0.15) is 162 Å². The van der Waals surface area contributed by atoms with Crippen LogP contribution >= 0.6 is 0 Å². The summed E-state index contributed by atoms with van der Waals surface area (Å²) in [5.41, 5.74) is 0. The minimum absolute atomic E-state index is 0.359. The molecule has 0 rings (SSSR count). The van der Waals surface area contributed by atoms with Gasteiger partial charge in [-0.05, 0) is 64.2 Å². The summed E-state index contributed by atoms with van der Waals surface area (Å²) in [5.74, 6) is -0.603. The number of aliphatic hydroxyl groups excluding tert-OH is 4. The molecule has 0 aromatic rings. The molecule has 0 saturated carbocycles. The van der Waals surface area contributed by atoms with Crippen LogP contribution in [0.5, 0.6) is 0 Å². The summed E-state index contributed by atoms with van der Waals surface area (Å²) in [6.07, 6.45) is 34.5. The third-order valence-corrected chi connectivity index (χ3v) is 8.06. The number of hydrogen-bond donors (Lipinski definition) is 5. The summed E-state index contributed by atoms with van der Waals surface area (Å²) in [6.45, 7) is 3.96. The van der Waals surface area contributed by atoms with E-state index in [9.17, 15) is 25.2 Å². The number of carbonyl (C=O) groups excluding carboxylic acids is 1. The summed E-state index contributed by atoms with van der Waals surface area (Å²) in [4.78, 5) is 12.4. The lowest BCUT2D eigenvalue weighted by Gasteiger charge is -2.27. The van der Waals surface area contributed by atoms with Crippen molar-refractivity contribution in [2.24, 2.45) is 0 Å². The smallest absolute Gasteiger partial charge is 0.249 e. The molecule has 4 atom stereocenters. The lowest BCUT2D eigenvalue weighted by atomic mass is 10.00. The predicted octanol–water partition coefficient (Wildman–Crippen LogP) is 8.23. The zero-order valence-corrected chi connectivity index (χ0v) is 27.9. The van der Waals surface area contributed by atoms with Gasteiger partial charge in [0.05, 0.1) is 18.8 Å². The van der Waals surface area contributed by atoms with Crippen molar-refractivity contribution in [1.29, 1.82) is 0 Å². The summed E-state index contributed by atoms with van der Waals surface area (Å²) in [7, 11) is 0. The molecule has 0 aromatic carbocycles. The number of unbranched alkanes of at least 4 members (excludes halogenated alkanes) is 16. The maximum atomic E-state index is 12.4. The molecule has 0 aliphatic heterocycles. The van der Waals surface area contributed by atoms with Gasteiger partial charge in [-0.15, -0.1) is 0 Å². The fourth-order valence-electron chi connectivity index (χ4n) is 5.14. The van der Waals surface area contributed by atoms with Crippen LogP contribution in [-0.4, -0.2) is 57.3 Å². The van der Waals surface area contributed by atoms with Crippen LogP contribution < -0.4 is 5.32 Å². The molecular weight excluding hydrogens is 538 g/mol. The highest BCUT2D eigenvalue weighted by Gasteiger charge is 2.28. The number of aliphatic hydroxyl groups is 4. The van der Waals surface area contributed by atoms with Crippen LogP contribution in [0.4, 0.5) is 0 Å². The molecule has 4 unspecified atom stereocenters. The molecule has 0 radical (unpaired) electrons. The van der Waals surface area contributed by atoms with E-state index < -0.39 is 36.9 Å². The van der Waals surface area contributed by atoms with Crippen molar-refractivity contribution in [1.82, 2.24) is 5.32 Å². The van der Waals surface area contributed by atoms with Crippen molar-refractivity contribution < 1.29 is 25.2 Å². The summed E-state index contributed by atoms with van der Waals surface area (Å²) < 4.78 is 0. The summed E-state index contributed by atoms with van der Waals surface area (Å²) >= 11 is 0. The molecule has 0 saturated heterocycles. The minimum Gasteiger partial charge on any atom is -0.394 e. The number of rotatable bonds is 31. The van der Waals surface area contributed by atoms with Crippen LogP contribution in [-0.2, 0) is 4.79 Å². The first kappa shape index (κ1) is 41.5. The second-order valence-corrected chi connectivity index (χ2v) is 12.2. The fourth-order valence-corrected chi connectivity index (χ4v) is 5.14. The number of carbonyl (C=O) groups is 1. The third-order valence-electron chi connectivity index (χ3n) is 8.06.